The molecule has 0 aliphatic rings. The van der Waals surface area contributed by atoms with Crippen molar-refractivity contribution < 1.29 is 4.42 Å². The Bertz CT molecular complexity index is 968. The van der Waals surface area contributed by atoms with Crippen molar-refractivity contribution in [2.24, 2.45) is 0 Å². The Morgan fingerprint density at radius 2 is 1.95 bits per heavy atom. The minimum atomic E-state index is 0.575. The third-order valence-electron chi connectivity index (χ3n) is 3.53. The number of nitrogens with zero attached hydrogens (tertiary/aromatic N) is 4. The zero-order valence-corrected chi connectivity index (χ0v) is 12.3. The fourth-order valence-electron chi connectivity index (χ4n) is 2.45. The second kappa shape index (κ2) is 4.80. The van der Waals surface area contributed by atoms with Gasteiger partial charge in [0.2, 0.25) is 5.89 Å². The molecule has 0 aliphatic heterocycles. The molecule has 0 atom stereocenters. The van der Waals surface area contributed by atoms with Gasteiger partial charge in [0.1, 0.15) is 5.52 Å². The van der Waals surface area contributed by atoms with Crippen molar-refractivity contribution >= 4 is 11.1 Å². The highest BCUT2D eigenvalue weighted by atomic mass is 16.3. The van der Waals surface area contributed by atoms with Crippen LogP contribution in [0.3, 0.4) is 0 Å². The van der Waals surface area contributed by atoms with Gasteiger partial charge in [-0.15, -0.1) is 0 Å². The lowest BCUT2D eigenvalue weighted by molar-refractivity contribution is 0.618. The number of benzene rings is 1. The molecular formula is C17H14N4O. The van der Waals surface area contributed by atoms with E-state index in [1.807, 2.05) is 50.5 Å². The summed E-state index contributed by atoms with van der Waals surface area (Å²) in [6.07, 6.45) is 7.26. The smallest absolute Gasteiger partial charge is 0.229 e. The number of hydrogen-bond donors (Lipinski definition) is 0. The van der Waals surface area contributed by atoms with Gasteiger partial charge >= 0.3 is 0 Å². The van der Waals surface area contributed by atoms with Crippen LogP contribution in [-0.2, 0) is 0 Å². The molecule has 0 N–H and O–H groups in total. The lowest BCUT2D eigenvalue weighted by Crippen LogP contribution is -1.98. The third kappa shape index (κ3) is 2.07. The maximum absolute atomic E-state index is 5.90. The van der Waals surface area contributed by atoms with Crippen molar-refractivity contribution in [1.29, 1.82) is 0 Å². The van der Waals surface area contributed by atoms with E-state index in [-0.39, 0.29) is 0 Å². The Kier molecular flexibility index (Phi) is 2.79. The lowest BCUT2D eigenvalue weighted by Gasteiger charge is -2.05. The Balaban J connectivity index is 1.91. The molecule has 5 nitrogen and oxygen atoms in total. The van der Waals surface area contributed by atoms with Crippen molar-refractivity contribution in [2.75, 3.05) is 0 Å². The van der Waals surface area contributed by atoms with Crippen molar-refractivity contribution in [3.05, 3.63) is 60.2 Å². The number of aromatic nitrogens is 4. The molecule has 0 bridgehead atoms. The summed E-state index contributed by atoms with van der Waals surface area (Å²) in [6.45, 7) is 4.04. The molecule has 4 rings (SSSR count). The normalized spacial score (nSPS) is 11.2. The molecule has 0 aliphatic carbocycles. The van der Waals surface area contributed by atoms with E-state index in [0.29, 0.717) is 5.89 Å². The van der Waals surface area contributed by atoms with Gasteiger partial charge in [-0.05, 0) is 43.2 Å². The van der Waals surface area contributed by atoms with Crippen LogP contribution in [0.4, 0.5) is 0 Å². The van der Waals surface area contributed by atoms with E-state index >= 15 is 0 Å². The van der Waals surface area contributed by atoms with Gasteiger partial charge in [-0.1, -0.05) is 6.07 Å². The zero-order valence-electron chi connectivity index (χ0n) is 12.3. The number of aryl methyl sites for hydroxylation is 2. The first-order valence-corrected chi connectivity index (χ1v) is 7.04. The summed E-state index contributed by atoms with van der Waals surface area (Å²) < 4.78 is 7.69. The molecule has 3 aromatic heterocycles. The predicted molar refractivity (Wildman–Crippen MR) is 83.8 cm³/mol. The first-order chi connectivity index (χ1) is 10.7. The Morgan fingerprint density at radius 1 is 1.05 bits per heavy atom. The number of rotatable bonds is 2. The SMILES string of the molecule is Cc1ccc2oc(-c3ccncc3-n3cc(C)cn3)nc2c1. The Hall–Kier alpha value is -2.95. The second-order valence-corrected chi connectivity index (χ2v) is 5.35. The third-order valence-corrected chi connectivity index (χ3v) is 3.53. The van der Waals surface area contributed by atoms with Crippen LogP contribution in [0, 0.1) is 13.8 Å². The standard InChI is InChI=1S/C17H14N4O/c1-11-3-4-16-14(7-11)20-17(22-16)13-5-6-18-9-15(13)21-10-12(2)8-19-21/h3-10H,1-2H3. The average molecular weight is 290 g/mol. The largest absolute Gasteiger partial charge is 0.436 e. The fourth-order valence-corrected chi connectivity index (χ4v) is 2.45. The van der Waals surface area contributed by atoms with E-state index in [1.54, 1.807) is 17.1 Å². The monoisotopic (exact) mass is 290 g/mol. The number of pyridine rings is 1. The quantitative estimate of drug-likeness (QED) is 0.565. The minimum absolute atomic E-state index is 0.575. The summed E-state index contributed by atoms with van der Waals surface area (Å²) in [6, 6.07) is 7.87. The van der Waals surface area contributed by atoms with Gasteiger partial charge in [0.05, 0.1) is 23.6 Å². The van der Waals surface area contributed by atoms with Crippen molar-refractivity contribution in [2.45, 2.75) is 13.8 Å². The molecule has 0 fully saturated rings. The van der Waals surface area contributed by atoms with Gasteiger partial charge < -0.3 is 4.42 Å². The van der Waals surface area contributed by atoms with E-state index in [2.05, 4.69) is 15.1 Å². The molecular weight excluding hydrogens is 276 g/mol. The summed E-state index contributed by atoms with van der Waals surface area (Å²) in [7, 11) is 0. The molecule has 0 saturated carbocycles. The summed E-state index contributed by atoms with van der Waals surface area (Å²) in [5.41, 5.74) is 5.59. The van der Waals surface area contributed by atoms with E-state index in [9.17, 15) is 0 Å². The van der Waals surface area contributed by atoms with Crippen LogP contribution in [0.1, 0.15) is 11.1 Å². The van der Waals surface area contributed by atoms with Crippen LogP contribution in [-0.4, -0.2) is 19.7 Å². The highest BCUT2D eigenvalue weighted by molar-refractivity contribution is 5.78. The maximum atomic E-state index is 5.90. The lowest BCUT2D eigenvalue weighted by atomic mass is 10.2. The minimum Gasteiger partial charge on any atom is -0.436 e. The Morgan fingerprint density at radius 3 is 2.77 bits per heavy atom. The molecule has 3 heterocycles. The Labute approximate surface area is 127 Å². The molecule has 0 amide bonds. The van der Waals surface area contributed by atoms with E-state index in [0.717, 1.165) is 33.5 Å². The molecule has 0 radical (unpaired) electrons. The molecule has 0 unspecified atom stereocenters. The molecule has 22 heavy (non-hydrogen) atoms. The molecule has 0 spiro atoms. The number of hydrogen-bond acceptors (Lipinski definition) is 4. The van der Waals surface area contributed by atoms with E-state index < -0.39 is 0 Å². The first-order valence-electron chi connectivity index (χ1n) is 7.04. The molecule has 4 aromatic rings. The van der Waals surface area contributed by atoms with Crippen LogP contribution in [0.5, 0.6) is 0 Å². The van der Waals surface area contributed by atoms with Gasteiger partial charge in [0, 0.05) is 12.4 Å². The van der Waals surface area contributed by atoms with Gasteiger partial charge in [-0.2, -0.15) is 5.10 Å². The highest BCUT2D eigenvalue weighted by Gasteiger charge is 2.14. The van der Waals surface area contributed by atoms with Crippen LogP contribution >= 0.6 is 0 Å². The van der Waals surface area contributed by atoms with Crippen LogP contribution < -0.4 is 0 Å². The van der Waals surface area contributed by atoms with Gasteiger partial charge in [0.15, 0.2) is 5.58 Å². The predicted octanol–water partition coefficient (Wildman–Crippen LogP) is 3.69. The van der Waals surface area contributed by atoms with Crippen molar-refractivity contribution in [3.63, 3.8) is 0 Å². The molecule has 0 saturated heterocycles. The average Bonchev–Trinajstić information content (AvgIpc) is 3.13. The van der Waals surface area contributed by atoms with Gasteiger partial charge in [-0.25, -0.2) is 9.67 Å². The van der Waals surface area contributed by atoms with Crippen LogP contribution in [0.25, 0.3) is 28.2 Å². The summed E-state index contributed by atoms with van der Waals surface area (Å²) in [4.78, 5) is 8.80. The summed E-state index contributed by atoms with van der Waals surface area (Å²) >= 11 is 0. The summed E-state index contributed by atoms with van der Waals surface area (Å²) in [5.74, 6) is 0.575. The summed E-state index contributed by atoms with van der Waals surface area (Å²) in [5, 5.41) is 4.35. The number of oxazole rings is 1. The van der Waals surface area contributed by atoms with E-state index in [1.165, 1.54) is 0 Å². The highest BCUT2D eigenvalue weighted by Crippen LogP contribution is 2.28. The van der Waals surface area contributed by atoms with Gasteiger partial charge in [-0.3, -0.25) is 4.98 Å². The molecule has 5 heteroatoms. The maximum Gasteiger partial charge on any atom is 0.229 e. The second-order valence-electron chi connectivity index (χ2n) is 5.35. The van der Waals surface area contributed by atoms with Crippen LogP contribution in [0.2, 0.25) is 0 Å². The molecule has 1 aromatic carbocycles. The van der Waals surface area contributed by atoms with Crippen molar-refractivity contribution in [1.82, 2.24) is 19.7 Å². The van der Waals surface area contributed by atoms with Crippen molar-refractivity contribution in [3.8, 4) is 17.1 Å². The number of fused-ring (bicyclic) bond motifs is 1. The molecule has 108 valence electrons. The van der Waals surface area contributed by atoms with Gasteiger partial charge in [0.25, 0.3) is 0 Å². The fraction of sp³-hybridized carbons (Fsp3) is 0.118. The van der Waals surface area contributed by atoms with Crippen LogP contribution in [0.15, 0.2) is 53.5 Å². The van der Waals surface area contributed by atoms with E-state index in [4.69, 9.17) is 4.42 Å². The zero-order chi connectivity index (χ0) is 15.1. The topological polar surface area (TPSA) is 56.7 Å². The first kappa shape index (κ1) is 12.8.